The second-order valence-electron chi connectivity index (χ2n) is 7.23. The van der Waals surface area contributed by atoms with E-state index in [1.807, 2.05) is 0 Å². The molecule has 2 heterocycles. The Morgan fingerprint density at radius 2 is 2.16 bits per heavy atom. The Morgan fingerprint density at radius 1 is 1.28 bits per heavy atom. The number of benzene rings is 1. The molecule has 2 aromatic rings. The molecule has 0 bridgehead atoms. The van der Waals surface area contributed by atoms with Crippen molar-refractivity contribution >= 4 is 16.8 Å². The van der Waals surface area contributed by atoms with Crippen LogP contribution in [0.5, 0.6) is 0 Å². The van der Waals surface area contributed by atoms with Crippen molar-refractivity contribution in [2.24, 2.45) is 0 Å². The Balaban J connectivity index is 1.42. The molecule has 1 aliphatic rings. The van der Waals surface area contributed by atoms with Gasteiger partial charge in [0.25, 0.3) is 0 Å². The number of amides is 1. The maximum atomic E-state index is 12.1. The number of nitrogens with one attached hydrogen (secondary N) is 1. The average molecular weight is 341 g/mol. The highest BCUT2D eigenvalue weighted by molar-refractivity contribution is 5.81. The third-order valence-electron chi connectivity index (χ3n) is 5.48. The van der Waals surface area contributed by atoms with Crippen LogP contribution in [0.1, 0.15) is 45.1 Å². The monoisotopic (exact) mass is 341 g/mol. The molecule has 1 fully saturated rings. The molecule has 1 aliphatic heterocycles. The number of hydrogen-bond donors (Lipinski definition) is 1. The summed E-state index contributed by atoms with van der Waals surface area (Å²) in [7, 11) is 0. The van der Waals surface area contributed by atoms with E-state index in [9.17, 15) is 4.79 Å². The Bertz CT molecular complexity index is 706. The first-order chi connectivity index (χ1) is 12.2. The van der Waals surface area contributed by atoms with Gasteiger partial charge in [-0.05, 0) is 68.8 Å². The van der Waals surface area contributed by atoms with Crippen LogP contribution in [-0.2, 0) is 17.8 Å². The quantitative estimate of drug-likeness (QED) is 0.836. The van der Waals surface area contributed by atoms with Crippen LogP contribution in [0, 0.1) is 0 Å². The van der Waals surface area contributed by atoms with Gasteiger partial charge in [0.15, 0.2) is 0 Å². The number of nitrogens with zero attached hydrogens (tertiary/aromatic N) is 2. The molecule has 0 radical (unpaired) electrons. The van der Waals surface area contributed by atoms with E-state index in [4.69, 9.17) is 0 Å². The molecule has 0 aliphatic carbocycles. The zero-order chi connectivity index (χ0) is 17.6. The zero-order valence-corrected chi connectivity index (χ0v) is 15.6. The van der Waals surface area contributed by atoms with Gasteiger partial charge >= 0.3 is 0 Å². The van der Waals surface area contributed by atoms with Crippen LogP contribution < -0.4 is 5.32 Å². The molecule has 4 heteroatoms. The van der Waals surface area contributed by atoms with Gasteiger partial charge in [0.2, 0.25) is 5.91 Å². The topological polar surface area (TPSA) is 37.3 Å². The molecule has 1 aromatic carbocycles. The van der Waals surface area contributed by atoms with E-state index in [1.165, 1.54) is 42.3 Å². The van der Waals surface area contributed by atoms with Crippen molar-refractivity contribution in [3.05, 3.63) is 36.0 Å². The summed E-state index contributed by atoms with van der Waals surface area (Å²) in [6.45, 7) is 8.35. The fourth-order valence-corrected chi connectivity index (χ4v) is 3.86. The maximum absolute atomic E-state index is 12.1. The standard InChI is InChI=1S/C21H31N3O/c1-3-23-14-11-19-16-18(7-9-20(19)23)8-10-21(25)22-12-15-24-13-5-4-6-17(24)2/h7,9,11,14,16-17H,3-6,8,10,12-13,15H2,1-2H3,(H,22,25). The number of hydrogen-bond acceptors (Lipinski definition) is 2. The molecule has 25 heavy (non-hydrogen) atoms. The van der Waals surface area contributed by atoms with Crippen LogP contribution >= 0.6 is 0 Å². The number of piperidine rings is 1. The van der Waals surface area contributed by atoms with Crippen molar-refractivity contribution in [2.75, 3.05) is 19.6 Å². The number of carbonyl (C=O) groups is 1. The van der Waals surface area contributed by atoms with Crippen LogP contribution in [0.2, 0.25) is 0 Å². The van der Waals surface area contributed by atoms with Crippen LogP contribution in [-0.4, -0.2) is 41.1 Å². The summed E-state index contributed by atoms with van der Waals surface area (Å²) in [5.74, 6) is 0.163. The van der Waals surface area contributed by atoms with Gasteiger partial charge in [-0.1, -0.05) is 12.5 Å². The van der Waals surface area contributed by atoms with Gasteiger partial charge in [-0.3, -0.25) is 9.69 Å². The molecule has 1 saturated heterocycles. The van der Waals surface area contributed by atoms with E-state index in [-0.39, 0.29) is 5.91 Å². The lowest BCUT2D eigenvalue weighted by Crippen LogP contribution is -2.42. The molecule has 136 valence electrons. The lowest BCUT2D eigenvalue weighted by Gasteiger charge is -2.33. The van der Waals surface area contributed by atoms with Gasteiger partial charge < -0.3 is 9.88 Å². The van der Waals surface area contributed by atoms with Crippen molar-refractivity contribution < 1.29 is 4.79 Å². The second kappa shape index (κ2) is 8.52. The number of carbonyl (C=O) groups excluding carboxylic acids is 1. The summed E-state index contributed by atoms with van der Waals surface area (Å²) < 4.78 is 2.24. The number of aryl methyl sites for hydroxylation is 2. The Hall–Kier alpha value is -1.81. The van der Waals surface area contributed by atoms with Crippen LogP contribution in [0.4, 0.5) is 0 Å². The summed E-state index contributed by atoms with van der Waals surface area (Å²) in [5, 5.41) is 4.35. The lowest BCUT2D eigenvalue weighted by molar-refractivity contribution is -0.121. The molecule has 4 nitrogen and oxygen atoms in total. The minimum atomic E-state index is 0.163. The SMILES string of the molecule is CCn1ccc2cc(CCC(=O)NCCN3CCCCC3C)ccc21. The molecule has 1 amide bonds. The van der Waals surface area contributed by atoms with Gasteiger partial charge in [0.05, 0.1) is 0 Å². The third-order valence-corrected chi connectivity index (χ3v) is 5.48. The van der Waals surface area contributed by atoms with Crippen molar-refractivity contribution in [3.63, 3.8) is 0 Å². The largest absolute Gasteiger partial charge is 0.355 e. The fraction of sp³-hybridized carbons (Fsp3) is 0.571. The molecule has 1 aromatic heterocycles. The first-order valence-corrected chi connectivity index (χ1v) is 9.76. The molecular formula is C21H31N3O. The number of likely N-dealkylation sites (tertiary alicyclic amines) is 1. The normalized spacial score (nSPS) is 18.6. The van der Waals surface area contributed by atoms with E-state index in [2.05, 4.69) is 59.1 Å². The van der Waals surface area contributed by atoms with Crippen molar-refractivity contribution in [3.8, 4) is 0 Å². The maximum Gasteiger partial charge on any atom is 0.220 e. The zero-order valence-electron chi connectivity index (χ0n) is 15.6. The summed E-state index contributed by atoms with van der Waals surface area (Å²) in [5.41, 5.74) is 2.51. The van der Waals surface area contributed by atoms with Crippen molar-refractivity contribution in [1.29, 1.82) is 0 Å². The van der Waals surface area contributed by atoms with Crippen molar-refractivity contribution in [2.45, 2.75) is 58.5 Å². The predicted molar refractivity (Wildman–Crippen MR) is 104 cm³/mol. The minimum Gasteiger partial charge on any atom is -0.355 e. The Labute approximate surface area is 151 Å². The highest BCUT2D eigenvalue weighted by Crippen LogP contribution is 2.18. The summed E-state index contributed by atoms with van der Waals surface area (Å²) in [4.78, 5) is 14.6. The average Bonchev–Trinajstić information content (AvgIpc) is 3.04. The smallest absolute Gasteiger partial charge is 0.220 e. The summed E-state index contributed by atoms with van der Waals surface area (Å²) >= 11 is 0. The van der Waals surface area contributed by atoms with Gasteiger partial charge in [-0.2, -0.15) is 0 Å². The first-order valence-electron chi connectivity index (χ1n) is 9.76. The number of aromatic nitrogens is 1. The molecular weight excluding hydrogens is 310 g/mol. The second-order valence-corrected chi connectivity index (χ2v) is 7.23. The fourth-order valence-electron chi connectivity index (χ4n) is 3.86. The molecule has 0 spiro atoms. The first kappa shape index (κ1) is 18.0. The highest BCUT2D eigenvalue weighted by Gasteiger charge is 2.17. The summed E-state index contributed by atoms with van der Waals surface area (Å²) in [6, 6.07) is 9.35. The predicted octanol–water partition coefficient (Wildman–Crippen LogP) is 3.58. The van der Waals surface area contributed by atoms with Crippen LogP contribution in [0.15, 0.2) is 30.5 Å². The highest BCUT2D eigenvalue weighted by atomic mass is 16.1. The molecule has 1 unspecified atom stereocenters. The molecule has 3 rings (SSSR count). The number of fused-ring (bicyclic) bond motifs is 1. The van der Waals surface area contributed by atoms with Gasteiger partial charge in [0, 0.05) is 43.8 Å². The molecule has 0 saturated carbocycles. The Morgan fingerprint density at radius 3 is 2.96 bits per heavy atom. The number of rotatable bonds is 7. The lowest BCUT2D eigenvalue weighted by atomic mass is 10.0. The van der Waals surface area contributed by atoms with Gasteiger partial charge in [0.1, 0.15) is 0 Å². The molecule has 1 N–H and O–H groups in total. The van der Waals surface area contributed by atoms with Crippen LogP contribution in [0.25, 0.3) is 10.9 Å². The van der Waals surface area contributed by atoms with E-state index in [0.29, 0.717) is 12.5 Å². The van der Waals surface area contributed by atoms with Crippen molar-refractivity contribution in [1.82, 2.24) is 14.8 Å². The van der Waals surface area contributed by atoms with E-state index in [1.54, 1.807) is 0 Å². The van der Waals surface area contributed by atoms with Crippen LogP contribution in [0.3, 0.4) is 0 Å². The van der Waals surface area contributed by atoms with Gasteiger partial charge in [-0.25, -0.2) is 0 Å². The van der Waals surface area contributed by atoms with E-state index < -0.39 is 0 Å². The van der Waals surface area contributed by atoms with E-state index >= 15 is 0 Å². The van der Waals surface area contributed by atoms with E-state index in [0.717, 1.165) is 26.1 Å². The minimum absolute atomic E-state index is 0.163. The Kier molecular flexibility index (Phi) is 6.14. The molecule has 1 atom stereocenters. The van der Waals surface area contributed by atoms with Gasteiger partial charge in [-0.15, -0.1) is 0 Å². The third kappa shape index (κ3) is 4.63. The summed E-state index contributed by atoms with van der Waals surface area (Å²) in [6.07, 6.45) is 7.42.